The molecule has 6 nitrogen and oxygen atoms in total. The molecule has 0 radical (unpaired) electrons. The van der Waals surface area contributed by atoms with Gasteiger partial charge >= 0.3 is 13.1 Å². The summed E-state index contributed by atoms with van der Waals surface area (Å²) in [5, 5.41) is 9.35. The summed E-state index contributed by atoms with van der Waals surface area (Å²) in [5.41, 5.74) is 0.185. The van der Waals surface area contributed by atoms with Gasteiger partial charge in [-0.3, -0.25) is 0 Å². The fourth-order valence-corrected chi connectivity index (χ4v) is 2.21. The molecule has 1 aromatic rings. The predicted molar refractivity (Wildman–Crippen MR) is 78.2 cm³/mol. The van der Waals surface area contributed by atoms with E-state index in [1.54, 1.807) is 13.1 Å². The van der Waals surface area contributed by atoms with E-state index >= 15 is 0 Å². The van der Waals surface area contributed by atoms with Crippen LogP contribution in [0.4, 0.5) is 0 Å². The summed E-state index contributed by atoms with van der Waals surface area (Å²) in [7, 11) is 0.745. The largest absolute Gasteiger partial charge is 0.496 e. The van der Waals surface area contributed by atoms with E-state index in [0.29, 0.717) is 11.0 Å². The molecule has 0 spiro atoms. The van der Waals surface area contributed by atoms with Crippen LogP contribution in [0.2, 0.25) is 0 Å². The first kappa shape index (κ1) is 15.8. The molecule has 1 aliphatic rings. The molecule has 2 heterocycles. The Kier molecular flexibility index (Phi) is 3.76. The van der Waals surface area contributed by atoms with Gasteiger partial charge in [-0.2, -0.15) is 0 Å². The van der Waals surface area contributed by atoms with Crippen LogP contribution >= 0.6 is 0 Å². The van der Waals surface area contributed by atoms with E-state index in [-0.39, 0.29) is 11.4 Å². The molecule has 0 aromatic carbocycles. The van der Waals surface area contributed by atoms with Crippen molar-refractivity contribution in [3.8, 4) is 5.88 Å². The van der Waals surface area contributed by atoms with Crippen molar-refractivity contribution in [1.82, 2.24) is 4.98 Å². The van der Waals surface area contributed by atoms with Gasteiger partial charge in [0.2, 0.25) is 5.88 Å². The number of hydrogen-bond acceptors (Lipinski definition) is 5. The fraction of sp³-hybridized carbons (Fsp3) is 0.571. The van der Waals surface area contributed by atoms with Crippen LogP contribution in [-0.4, -0.2) is 41.5 Å². The summed E-state index contributed by atoms with van der Waals surface area (Å²) < 4.78 is 16.9. The number of nitrogens with zero attached hydrogens (tertiary/aromatic N) is 1. The van der Waals surface area contributed by atoms with Gasteiger partial charge < -0.3 is 19.2 Å². The quantitative estimate of drug-likeness (QED) is 0.849. The first-order valence-electron chi connectivity index (χ1n) is 6.73. The van der Waals surface area contributed by atoms with Crippen LogP contribution in [0.1, 0.15) is 43.6 Å². The number of pyridine rings is 1. The van der Waals surface area contributed by atoms with Crippen LogP contribution in [0.25, 0.3) is 0 Å². The van der Waals surface area contributed by atoms with Crippen LogP contribution < -0.4 is 10.2 Å². The molecule has 2 rings (SSSR count). The van der Waals surface area contributed by atoms with Gasteiger partial charge in [-0.05, 0) is 40.2 Å². The maximum atomic E-state index is 11.4. The molecular formula is C14H20BNO5. The maximum absolute atomic E-state index is 11.4. The van der Waals surface area contributed by atoms with E-state index in [1.807, 2.05) is 27.7 Å². The number of aromatic carboxylic acids is 1. The number of carboxylic acid groups (broad SMARTS) is 1. The lowest BCUT2D eigenvalue weighted by Gasteiger charge is -2.32. The second-order valence-electron chi connectivity index (χ2n) is 6.12. The molecule has 1 N–H and O–H groups in total. The van der Waals surface area contributed by atoms with Gasteiger partial charge in [0.25, 0.3) is 0 Å². The highest BCUT2D eigenvalue weighted by atomic mass is 16.7. The fourth-order valence-electron chi connectivity index (χ4n) is 2.21. The normalized spacial score (nSPS) is 19.6. The Labute approximate surface area is 124 Å². The molecule has 1 fully saturated rings. The lowest BCUT2D eigenvalue weighted by molar-refractivity contribution is 0.00578. The van der Waals surface area contributed by atoms with E-state index < -0.39 is 24.3 Å². The van der Waals surface area contributed by atoms with Crippen molar-refractivity contribution in [1.29, 1.82) is 0 Å². The number of carboxylic acids is 1. The molecule has 0 amide bonds. The summed E-state index contributed by atoms with van der Waals surface area (Å²) in [6.07, 6.45) is 1.54. The maximum Gasteiger partial charge on any atom is 0.496 e. The third-order valence-electron chi connectivity index (χ3n) is 4.26. The van der Waals surface area contributed by atoms with Gasteiger partial charge in [0.05, 0.1) is 18.3 Å². The van der Waals surface area contributed by atoms with Gasteiger partial charge in [0, 0.05) is 11.7 Å². The van der Waals surface area contributed by atoms with Crippen molar-refractivity contribution in [3.63, 3.8) is 0 Å². The molecule has 7 heteroatoms. The van der Waals surface area contributed by atoms with Crippen molar-refractivity contribution < 1.29 is 23.9 Å². The Morgan fingerprint density at radius 3 is 2.24 bits per heavy atom. The van der Waals surface area contributed by atoms with Gasteiger partial charge in [0.1, 0.15) is 5.56 Å². The highest BCUT2D eigenvalue weighted by molar-refractivity contribution is 6.62. The number of ether oxygens (including phenoxy) is 1. The summed E-state index contributed by atoms with van der Waals surface area (Å²) >= 11 is 0. The van der Waals surface area contributed by atoms with E-state index in [1.165, 1.54) is 7.11 Å². The smallest absolute Gasteiger partial charge is 0.480 e. The number of methoxy groups -OCH3 is 1. The van der Waals surface area contributed by atoms with Crippen LogP contribution in [0, 0.1) is 6.92 Å². The SMILES string of the molecule is COc1ncc(B2OC(C)(C)C(C)(C)O2)c(C)c1C(=O)O. The van der Waals surface area contributed by atoms with Crippen LogP contribution in [0.3, 0.4) is 0 Å². The summed E-state index contributed by atoms with van der Waals surface area (Å²) in [6.45, 7) is 9.47. The molecule has 0 saturated carbocycles. The van der Waals surface area contributed by atoms with Crippen molar-refractivity contribution in [2.24, 2.45) is 0 Å². The number of rotatable bonds is 3. The molecule has 0 atom stereocenters. The number of hydrogen-bond donors (Lipinski definition) is 1. The van der Waals surface area contributed by atoms with Gasteiger partial charge in [-0.25, -0.2) is 9.78 Å². The Morgan fingerprint density at radius 2 is 1.81 bits per heavy atom. The Morgan fingerprint density at radius 1 is 1.29 bits per heavy atom. The predicted octanol–water partition coefficient (Wildman–Crippen LogP) is 1.40. The molecule has 114 valence electrons. The lowest BCUT2D eigenvalue weighted by atomic mass is 9.76. The van der Waals surface area contributed by atoms with E-state index in [9.17, 15) is 9.90 Å². The number of aromatic nitrogens is 1. The molecule has 1 aromatic heterocycles. The summed E-state index contributed by atoms with van der Waals surface area (Å²) in [4.78, 5) is 15.5. The van der Waals surface area contributed by atoms with Gasteiger partial charge in [-0.1, -0.05) is 0 Å². The van der Waals surface area contributed by atoms with Crippen molar-refractivity contribution in [3.05, 3.63) is 17.3 Å². The molecule has 21 heavy (non-hydrogen) atoms. The van der Waals surface area contributed by atoms with Gasteiger partial charge in [-0.15, -0.1) is 0 Å². The molecule has 0 bridgehead atoms. The van der Waals surface area contributed by atoms with E-state index in [4.69, 9.17) is 14.0 Å². The minimum Gasteiger partial charge on any atom is -0.480 e. The average molecular weight is 293 g/mol. The zero-order valence-corrected chi connectivity index (χ0v) is 13.2. The Bertz CT molecular complexity index is 569. The first-order valence-corrected chi connectivity index (χ1v) is 6.73. The number of carbonyl (C=O) groups is 1. The summed E-state index contributed by atoms with van der Waals surface area (Å²) in [5.74, 6) is -1.00. The zero-order valence-electron chi connectivity index (χ0n) is 13.2. The minimum absolute atomic E-state index is 0.0321. The molecule has 0 unspecified atom stereocenters. The topological polar surface area (TPSA) is 77.9 Å². The van der Waals surface area contributed by atoms with E-state index in [0.717, 1.165) is 0 Å². The minimum atomic E-state index is -1.09. The second kappa shape index (κ2) is 5.00. The molecule has 1 saturated heterocycles. The van der Waals surface area contributed by atoms with Crippen molar-refractivity contribution in [2.45, 2.75) is 45.8 Å². The van der Waals surface area contributed by atoms with Crippen LogP contribution in [0.5, 0.6) is 5.88 Å². The molecule has 0 aliphatic carbocycles. The standard InChI is InChI=1S/C14H20BNO5/c1-8-9(7-16-11(19-6)10(8)12(17)18)15-20-13(2,3)14(4,5)21-15/h7H,1-6H3,(H,17,18). The highest BCUT2D eigenvalue weighted by Gasteiger charge is 2.52. The van der Waals surface area contributed by atoms with Crippen molar-refractivity contribution in [2.75, 3.05) is 7.11 Å². The van der Waals surface area contributed by atoms with Crippen LogP contribution in [0.15, 0.2) is 6.20 Å². The Balaban J connectivity index is 2.48. The highest BCUT2D eigenvalue weighted by Crippen LogP contribution is 2.37. The van der Waals surface area contributed by atoms with Crippen LogP contribution in [-0.2, 0) is 9.31 Å². The lowest BCUT2D eigenvalue weighted by Crippen LogP contribution is -2.41. The Hall–Kier alpha value is -1.60. The summed E-state index contributed by atoms with van der Waals surface area (Å²) in [6, 6.07) is 0. The first-order chi connectivity index (χ1) is 9.60. The van der Waals surface area contributed by atoms with Gasteiger partial charge in [0.15, 0.2) is 0 Å². The molecular weight excluding hydrogens is 273 g/mol. The van der Waals surface area contributed by atoms with E-state index in [2.05, 4.69) is 4.98 Å². The van der Waals surface area contributed by atoms with Crippen molar-refractivity contribution >= 4 is 18.6 Å². The monoisotopic (exact) mass is 293 g/mol. The zero-order chi connectivity index (χ0) is 16.0. The third kappa shape index (κ3) is 2.51. The molecule has 1 aliphatic heterocycles. The third-order valence-corrected chi connectivity index (χ3v) is 4.26. The average Bonchev–Trinajstić information content (AvgIpc) is 2.57. The second-order valence-corrected chi connectivity index (χ2v) is 6.12.